The number of nitrogens with zero attached hydrogens (tertiary/aromatic N) is 2. The maximum Gasteiger partial charge on any atom is 0.339 e. The number of esters is 1. The smallest absolute Gasteiger partial charge is 0.339 e. The maximum atomic E-state index is 13.5. The van der Waals surface area contributed by atoms with Crippen LogP contribution in [0.2, 0.25) is 0 Å². The Morgan fingerprint density at radius 2 is 2.00 bits per heavy atom. The Morgan fingerprint density at radius 1 is 1.17 bits per heavy atom. The number of anilines is 1. The Balaban J connectivity index is 1.47. The third kappa shape index (κ3) is 3.52. The van der Waals surface area contributed by atoms with Gasteiger partial charge in [-0.05, 0) is 36.6 Å². The molecule has 1 saturated heterocycles. The van der Waals surface area contributed by atoms with Crippen molar-refractivity contribution in [3.63, 3.8) is 0 Å². The standard InChI is InChI=1S/C22H20N2O4S/c25-20(18-12-14-6-1-2-8-16(14)21(26)28-18)24(13-15-7-5-11-27-15)22-23-17-9-3-4-10-19(17)29-22/h1-4,6,8-10,15,18H,5,7,11-13H2/t15-,18-/m1/s1. The summed E-state index contributed by atoms with van der Waals surface area (Å²) in [7, 11) is 0. The van der Waals surface area contributed by atoms with Gasteiger partial charge in [-0.15, -0.1) is 0 Å². The van der Waals surface area contributed by atoms with Gasteiger partial charge in [0.15, 0.2) is 11.2 Å². The molecular formula is C22H20N2O4S. The van der Waals surface area contributed by atoms with Gasteiger partial charge in [-0.25, -0.2) is 9.78 Å². The molecule has 2 aliphatic heterocycles. The summed E-state index contributed by atoms with van der Waals surface area (Å²) in [4.78, 5) is 32.2. The van der Waals surface area contributed by atoms with Crippen LogP contribution in [0.3, 0.4) is 0 Å². The van der Waals surface area contributed by atoms with Crippen LogP contribution in [0.5, 0.6) is 0 Å². The molecule has 5 rings (SSSR count). The lowest BCUT2D eigenvalue weighted by molar-refractivity contribution is -0.128. The van der Waals surface area contributed by atoms with E-state index >= 15 is 0 Å². The van der Waals surface area contributed by atoms with Crippen LogP contribution in [0, 0.1) is 0 Å². The summed E-state index contributed by atoms with van der Waals surface area (Å²) in [5.74, 6) is -0.700. The number of cyclic esters (lactones) is 1. The van der Waals surface area contributed by atoms with Gasteiger partial charge in [0.05, 0.1) is 28.4 Å². The number of amides is 1. The minimum absolute atomic E-state index is 0.0301. The highest BCUT2D eigenvalue weighted by Gasteiger charge is 2.36. The predicted octanol–water partition coefficient (Wildman–Crippen LogP) is 3.59. The molecule has 0 aliphatic carbocycles. The van der Waals surface area contributed by atoms with Gasteiger partial charge in [0.1, 0.15) is 0 Å². The molecule has 0 saturated carbocycles. The van der Waals surface area contributed by atoms with Gasteiger partial charge < -0.3 is 9.47 Å². The second kappa shape index (κ2) is 7.57. The third-order valence-corrected chi connectivity index (χ3v) is 6.42. The number of ether oxygens (including phenoxy) is 2. The first kappa shape index (κ1) is 18.3. The van der Waals surface area contributed by atoms with E-state index in [4.69, 9.17) is 9.47 Å². The molecular weight excluding hydrogens is 388 g/mol. The van der Waals surface area contributed by atoms with E-state index in [0.717, 1.165) is 28.6 Å². The van der Waals surface area contributed by atoms with Gasteiger partial charge in [0, 0.05) is 13.0 Å². The lowest BCUT2D eigenvalue weighted by Crippen LogP contribution is -2.47. The van der Waals surface area contributed by atoms with Crippen LogP contribution in [0.15, 0.2) is 48.5 Å². The Morgan fingerprint density at radius 3 is 2.83 bits per heavy atom. The van der Waals surface area contributed by atoms with E-state index in [2.05, 4.69) is 4.98 Å². The molecule has 1 fully saturated rings. The molecule has 2 atom stereocenters. The monoisotopic (exact) mass is 408 g/mol. The average molecular weight is 408 g/mol. The topological polar surface area (TPSA) is 68.7 Å². The van der Waals surface area contributed by atoms with Crippen molar-refractivity contribution in [2.45, 2.75) is 31.5 Å². The molecule has 2 aliphatic rings. The van der Waals surface area contributed by atoms with E-state index in [1.165, 1.54) is 11.3 Å². The summed E-state index contributed by atoms with van der Waals surface area (Å²) in [5, 5.41) is 0.613. The number of hydrogen-bond donors (Lipinski definition) is 0. The SMILES string of the molecule is O=C1O[C@@H](C(=O)N(C[C@H]2CCCO2)c2nc3ccccc3s2)Cc2ccccc21. The van der Waals surface area contributed by atoms with Gasteiger partial charge in [0.25, 0.3) is 5.91 Å². The van der Waals surface area contributed by atoms with Crippen LogP contribution in [0.1, 0.15) is 28.8 Å². The van der Waals surface area contributed by atoms with E-state index in [-0.39, 0.29) is 12.0 Å². The molecule has 0 N–H and O–H groups in total. The summed E-state index contributed by atoms with van der Waals surface area (Å²) in [6.07, 6.45) is 1.37. The number of aromatic nitrogens is 1. The van der Waals surface area contributed by atoms with Crippen LogP contribution >= 0.6 is 11.3 Å². The van der Waals surface area contributed by atoms with Crippen molar-refractivity contribution < 1.29 is 19.1 Å². The van der Waals surface area contributed by atoms with Crippen molar-refractivity contribution in [2.75, 3.05) is 18.1 Å². The van der Waals surface area contributed by atoms with Crippen molar-refractivity contribution in [1.82, 2.24) is 4.98 Å². The number of thiazole rings is 1. The Kier molecular flexibility index (Phi) is 4.77. The third-order valence-electron chi connectivity index (χ3n) is 5.36. The molecule has 3 aromatic rings. The zero-order chi connectivity index (χ0) is 19.8. The van der Waals surface area contributed by atoms with Crippen LogP contribution < -0.4 is 4.90 Å². The van der Waals surface area contributed by atoms with Crippen LogP contribution in [0.25, 0.3) is 10.2 Å². The first-order valence-corrected chi connectivity index (χ1v) is 10.6. The lowest BCUT2D eigenvalue weighted by atomic mass is 9.98. The molecule has 0 unspecified atom stereocenters. The van der Waals surface area contributed by atoms with E-state index in [1.54, 1.807) is 17.0 Å². The molecule has 2 aromatic carbocycles. The zero-order valence-electron chi connectivity index (χ0n) is 15.7. The van der Waals surface area contributed by atoms with Crippen molar-refractivity contribution in [3.05, 3.63) is 59.7 Å². The largest absolute Gasteiger partial charge is 0.448 e. The summed E-state index contributed by atoms with van der Waals surface area (Å²) in [5.41, 5.74) is 2.22. The number of benzene rings is 2. The van der Waals surface area contributed by atoms with Gasteiger partial charge in [-0.1, -0.05) is 41.7 Å². The summed E-state index contributed by atoms with van der Waals surface area (Å²) >= 11 is 1.47. The first-order valence-electron chi connectivity index (χ1n) is 9.76. The van der Waals surface area contributed by atoms with E-state index in [9.17, 15) is 9.59 Å². The molecule has 3 heterocycles. The van der Waals surface area contributed by atoms with Gasteiger partial charge in [0.2, 0.25) is 0 Å². The van der Waals surface area contributed by atoms with E-state index in [0.29, 0.717) is 30.3 Å². The molecule has 0 spiro atoms. The van der Waals surface area contributed by atoms with Crippen LogP contribution in [0.4, 0.5) is 5.13 Å². The van der Waals surface area contributed by atoms with Crippen molar-refractivity contribution >= 4 is 38.6 Å². The Bertz CT molecular complexity index is 1040. The minimum Gasteiger partial charge on any atom is -0.448 e. The van der Waals surface area contributed by atoms with E-state index < -0.39 is 12.1 Å². The quantitative estimate of drug-likeness (QED) is 0.617. The Hall–Kier alpha value is -2.77. The molecule has 1 aromatic heterocycles. The van der Waals surface area contributed by atoms with Gasteiger partial charge in [-0.2, -0.15) is 0 Å². The highest BCUT2D eigenvalue weighted by atomic mass is 32.1. The molecule has 0 radical (unpaired) electrons. The average Bonchev–Trinajstić information content (AvgIpc) is 3.41. The van der Waals surface area contributed by atoms with Crippen LogP contribution in [-0.2, 0) is 20.7 Å². The fourth-order valence-corrected chi connectivity index (χ4v) is 4.85. The van der Waals surface area contributed by atoms with Crippen LogP contribution in [-0.4, -0.2) is 42.2 Å². The first-order chi connectivity index (χ1) is 14.2. The molecule has 7 heteroatoms. The maximum absolute atomic E-state index is 13.5. The molecule has 6 nitrogen and oxygen atoms in total. The molecule has 1 amide bonds. The zero-order valence-corrected chi connectivity index (χ0v) is 16.6. The fourth-order valence-electron chi connectivity index (χ4n) is 3.87. The number of para-hydroxylation sites is 1. The normalized spacial score (nSPS) is 21.0. The fraction of sp³-hybridized carbons (Fsp3) is 0.318. The highest BCUT2D eigenvalue weighted by Crippen LogP contribution is 2.31. The summed E-state index contributed by atoms with van der Waals surface area (Å²) in [6.45, 7) is 1.12. The lowest BCUT2D eigenvalue weighted by Gasteiger charge is -2.29. The Labute approximate surface area is 172 Å². The highest BCUT2D eigenvalue weighted by molar-refractivity contribution is 7.22. The number of carbonyl (C=O) groups is 2. The summed E-state index contributed by atoms with van der Waals surface area (Å²) < 4.78 is 12.3. The minimum atomic E-state index is -0.856. The number of carbonyl (C=O) groups excluding carboxylic acids is 2. The second-order valence-electron chi connectivity index (χ2n) is 7.30. The van der Waals surface area contributed by atoms with Gasteiger partial charge >= 0.3 is 5.97 Å². The van der Waals surface area contributed by atoms with Crippen molar-refractivity contribution in [2.24, 2.45) is 0 Å². The van der Waals surface area contributed by atoms with Crippen molar-refractivity contribution in [1.29, 1.82) is 0 Å². The van der Waals surface area contributed by atoms with E-state index in [1.807, 2.05) is 36.4 Å². The number of fused-ring (bicyclic) bond motifs is 2. The second-order valence-corrected chi connectivity index (χ2v) is 8.31. The molecule has 29 heavy (non-hydrogen) atoms. The number of hydrogen-bond acceptors (Lipinski definition) is 6. The molecule has 148 valence electrons. The number of rotatable bonds is 4. The molecule has 0 bridgehead atoms. The summed E-state index contributed by atoms with van der Waals surface area (Å²) in [6, 6.07) is 15.1. The predicted molar refractivity (Wildman–Crippen MR) is 110 cm³/mol. The van der Waals surface area contributed by atoms with Crippen molar-refractivity contribution in [3.8, 4) is 0 Å². The van der Waals surface area contributed by atoms with Gasteiger partial charge in [-0.3, -0.25) is 9.69 Å².